The standard InChI is InChI=1S/C16H13BrFN3O2/c1-8-5-10(6-13-15(22)20-16(23)19-13)9(2)21(8)14-4-3-11(17)7-12(14)18/h3-7H,1-2H3,(H2,19,20,22,23)/b13-6+. The van der Waals surface area contributed by atoms with Crippen molar-refractivity contribution in [3.05, 3.63) is 57.2 Å². The van der Waals surface area contributed by atoms with E-state index in [0.29, 0.717) is 10.2 Å². The van der Waals surface area contributed by atoms with Gasteiger partial charge in [0.05, 0.1) is 5.69 Å². The predicted molar refractivity (Wildman–Crippen MR) is 87.6 cm³/mol. The first-order valence-corrected chi connectivity index (χ1v) is 7.64. The average Bonchev–Trinajstić information content (AvgIpc) is 2.91. The summed E-state index contributed by atoms with van der Waals surface area (Å²) >= 11 is 3.24. The summed E-state index contributed by atoms with van der Waals surface area (Å²) < 4.78 is 16.7. The molecule has 0 aliphatic carbocycles. The van der Waals surface area contributed by atoms with Gasteiger partial charge in [0.15, 0.2) is 0 Å². The molecule has 7 heteroatoms. The molecular formula is C16H13BrFN3O2. The summed E-state index contributed by atoms with van der Waals surface area (Å²) in [6.45, 7) is 3.68. The number of halogens is 2. The molecule has 5 nitrogen and oxygen atoms in total. The molecule has 118 valence electrons. The second-order valence-corrected chi connectivity index (χ2v) is 6.14. The van der Waals surface area contributed by atoms with Gasteiger partial charge in [-0.25, -0.2) is 9.18 Å². The van der Waals surface area contributed by atoms with Crippen LogP contribution in [0.2, 0.25) is 0 Å². The molecule has 1 saturated heterocycles. The summed E-state index contributed by atoms with van der Waals surface area (Å²) in [4.78, 5) is 22.8. The summed E-state index contributed by atoms with van der Waals surface area (Å²) in [6.07, 6.45) is 1.58. The normalized spacial score (nSPS) is 15.9. The highest BCUT2D eigenvalue weighted by Crippen LogP contribution is 2.26. The molecule has 0 unspecified atom stereocenters. The van der Waals surface area contributed by atoms with Crippen LogP contribution >= 0.6 is 15.9 Å². The second kappa shape index (κ2) is 5.66. The number of rotatable bonds is 2. The molecule has 2 aromatic rings. The maximum Gasteiger partial charge on any atom is 0.326 e. The first-order chi connectivity index (χ1) is 10.9. The van der Waals surface area contributed by atoms with Crippen molar-refractivity contribution in [2.45, 2.75) is 13.8 Å². The number of carbonyl (C=O) groups excluding carboxylic acids is 2. The van der Waals surface area contributed by atoms with Gasteiger partial charge in [-0.1, -0.05) is 15.9 Å². The Kier molecular flexibility index (Phi) is 3.81. The van der Waals surface area contributed by atoms with E-state index in [-0.39, 0.29) is 11.5 Å². The van der Waals surface area contributed by atoms with E-state index in [2.05, 4.69) is 26.6 Å². The highest BCUT2D eigenvalue weighted by atomic mass is 79.9. The lowest BCUT2D eigenvalue weighted by atomic mass is 10.2. The van der Waals surface area contributed by atoms with Gasteiger partial charge in [0.1, 0.15) is 11.5 Å². The fourth-order valence-electron chi connectivity index (χ4n) is 2.60. The summed E-state index contributed by atoms with van der Waals surface area (Å²) in [5.41, 5.74) is 2.92. The third-order valence-electron chi connectivity index (χ3n) is 3.64. The molecule has 1 aromatic heterocycles. The van der Waals surface area contributed by atoms with E-state index in [1.165, 1.54) is 6.07 Å². The van der Waals surface area contributed by atoms with Crippen molar-refractivity contribution in [2.24, 2.45) is 0 Å². The number of nitrogens with one attached hydrogen (secondary N) is 2. The van der Waals surface area contributed by atoms with Crippen molar-refractivity contribution in [1.82, 2.24) is 15.2 Å². The third-order valence-corrected chi connectivity index (χ3v) is 4.13. The number of urea groups is 1. The van der Waals surface area contributed by atoms with Crippen LogP contribution in [-0.4, -0.2) is 16.5 Å². The van der Waals surface area contributed by atoms with Crippen LogP contribution in [-0.2, 0) is 4.79 Å². The lowest BCUT2D eigenvalue weighted by Crippen LogP contribution is -2.22. The van der Waals surface area contributed by atoms with Crippen LogP contribution in [0.4, 0.5) is 9.18 Å². The van der Waals surface area contributed by atoms with Crippen molar-refractivity contribution in [3.63, 3.8) is 0 Å². The van der Waals surface area contributed by atoms with Crippen LogP contribution in [0.1, 0.15) is 17.0 Å². The van der Waals surface area contributed by atoms with Gasteiger partial charge in [-0.05, 0) is 49.8 Å². The highest BCUT2D eigenvalue weighted by molar-refractivity contribution is 9.10. The third kappa shape index (κ3) is 2.79. The predicted octanol–water partition coefficient (Wildman–Crippen LogP) is 3.18. The number of hydrogen-bond acceptors (Lipinski definition) is 2. The van der Waals surface area contributed by atoms with Crippen LogP contribution in [0, 0.1) is 19.7 Å². The van der Waals surface area contributed by atoms with Gasteiger partial charge < -0.3 is 9.88 Å². The van der Waals surface area contributed by atoms with E-state index in [0.717, 1.165) is 17.0 Å². The number of carbonyl (C=O) groups is 2. The van der Waals surface area contributed by atoms with E-state index in [9.17, 15) is 14.0 Å². The average molecular weight is 378 g/mol. The Hall–Kier alpha value is -2.41. The molecule has 23 heavy (non-hydrogen) atoms. The summed E-state index contributed by atoms with van der Waals surface area (Å²) in [6, 6.07) is 6.13. The van der Waals surface area contributed by atoms with Crippen LogP contribution in [0.25, 0.3) is 11.8 Å². The van der Waals surface area contributed by atoms with Gasteiger partial charge in [0.2, 0.25) is 0 Å². The number of hydrogen-bond donors (Lipinski definition) is 2. The topological polar surface area (TPSA) is 63.1 Å². The largest absolute Gasteiger partial charge is 0.326 e. The van der Waals surface area contributed by atoms with Gasteiger partial charge in [0.25, 0.3) is 5.91 Å². The second-order valence-electron chi connectivity index (χ2n) is 5.22. The Morgan fingerprint density at radius 1 is 1.17 bits per heavy atom. The lowest BCUT2D eigenvalue weighted by Gasteiger charge is -2.11. The Labute approximate surface area is 140 Å². The SMILES string of the molecule is Cc1cc(/C=C2/NC(=O)NC2=O)c(C)n1-c1ccc(Br)cc1F. The zero-order valence-corrected chi connectivity index (χ0v) is 14.0. The van der Waals surface area contributed by atoms with Crippen molar-refractivity contribution in [1.29, 1.82) is 0 Å². The van der Waals surface area contributed by atoms with E-state index in [1.807, 2.05) is 19.9 Å². The summed E-state index contributed by atoms with van der Waals surface area (Å²) in [5, 5.41) is 4.58. The number of imide groups is 1. The highest BCUT2D eigenvalue weighted by Gasteiger charge is 2.23. The number of aryl methyl sites for hydroxylation is 1. The molecule has 0 bridgehead atoms. The minimum absolute atomic E-state index is 0.173. The molecule has 2 N–H and O–H groups in total. The Morgan fingerprint density at radius 2 is 1.91 bits per heavy atom. The smallest absolute Gasteiger partial charge is 0.315 e. The molecule has 2 heterocycles. The van der Waals surface area contributed by atoms with Crippen LogP contribution in [0.5, 0.6) is 0 Å². The van der Waals surface area contributed by atoms with Gasteiger partial charge in [-0.3, -0.25) is 10.1 Å². The fourth-order valence-corrected chi connectivity index (χ4v) is 2.94. The quantitative estimate of drug-likeness (QED) is 0.623. The molecule has 1 aliphatic rings. The molecular weight excluding hydrogens is 365 g/mol. The molecule has 0 spiro atoms. The van der Waals surface area contributed by atoms with Gasteiger partial charge in [-0.15, -0.1) is 0 Å². The monoisotopic (exact) mass is 377 g/mol. The van der Waals surface area contributed by atoms with Crippen molar-refractivity contribution >= 4 is 33.9 Å². The van der Waals surface area contributed by atoms with Gasteiger partial charge >= 0.3 is 6.03 Å². The molecule has 1 aromatic carbocycles. The molecule has 3 rings (SSSR count). The van der Waals surface area contributed by atoms with E-state index in [1.54, 1.807) is 22.8 Å². The Morgan fingerprint density at radius 3 is 2.52 bits per heavy atom. The van der Waals surface area contributed by atoms with E-state index < -0.39 is 11.9 Å². The van der Waals surface area contributed by atoms with Crippen molar-refractivity contribution in [3.8, 4) is 5.69 Å². The molecule has 0 radical (unpaired) electrons. The minimum Gasteiger partial charge on any atom is -0.315 e. The van der Waals surface area contributed by atoms with Crippen molar-refractivity contribution in [2.75, 3.05) is 0 Å². The maximum absolute atomic E-state index is 14.2. The first-order valence-electron chi connectivity index (χ1n) is 6.85. The zero-order chi connectivity index (χ0) is 16.7. The van der Waals surface area contributed by atoms with E-state index in [4.69, 9.17) is 0 Å². The Bertz CT molecular complexity index is 870. The van der Waals surface area contributed by atoms with Crippen LogP contribution in [0.15, 0.2) is 34.4 Å². The molecule has 3 amide bonds. The van der Waals surface area contributed by atoms with Gasteiger partial charge in [0, 0.05) is 15.9 Å². The number of benzene rings is 1. The molecule has 0 atom stereocenters. The fraction of sp³-hybridized carbons (Fsp3) is 0.125. The van der Waals surface area contributed by atoms with Gasteiger partial charge in [-0.2, -0.15) is 0 Å². The van der Waals surface area contributed by atoms with Crippen molar-refractivity contribution < 1.29 is 14.0 Å². The number of nitrogens with zero attached hydrogens (tertiary/aromatic N) is 1. The lowest BCUT2D eigenvalue weighted by molar-refractivity contribution is -0.115. The summed E-state index contributed by atoms with van der Waals surface area (Å²) in [7, 11) is 0. The number of amides is 3. The molecule has 1 aliphatic heterocycles. The minimum atomic E-state index is -0.547. The zero-order valence-electron chi connectivity index (χ0n) is 12.4. The first kappa shape index (κ1) is 15.5. The maximum atomic E-state index is 14.2. The molecule has 0 saturated carbocycles. The van der Waals surface area contributed by atoms with Crippen LogP contribution < -0.4 is 10.6 Å². The van der Waals surface area contributed by atoms with E-state index >= 15 is 0 Å². The Balaban J connectivity index is 2.08. The molecule has 1 fully saturated rings. The number of aromatic nitrogens is 1. The summed E-state index contributed by atoms with van der Waals surface area (Å²) in [5.74, 6) is -0.832. The van der Waals surface area contributed by atoms with Crippen LogP contribution in [0.3, 0.4) is 0 Å².